The van der Waals surface area contributed by atoms with Gasteiger partial charge in [-0.05, 0) is 54.1 Å². The van der Waals surface area contributed by atoms with Gasteiger partial charge in [-0.25, -0.2) is 0 Å². The fraction of sp³-hybridized carbons (Fsp3) is 0.880. The zero-order valence-corrected chi connectivity index (χ0v) is 20.8. The molecule has 29 heavy (non-hydrogen) atoms. The van der Waals surface area contributed by atoms with Crippen LogP contribution in [0.3, 0.4) is 0 Å². The van der Waals surface area contributed by atoms with Gasteiger partial charge in [-0.3, -0.25) is 4.79 Å². The summed E-state index contributed by atoms with van der Waals surface area (Å²) in [6.07, 6.45) is 12.3. The standard InChI is InChI=1S/C25H46O3Si/c1-18(2)29(19(3)4,20(5)6)28-17-11-10-12-21-15-16-23(26)24(21)25(27)22-13-8-7-9-14-22/h10,12,18-22,24-25,27H,7-9,11,13-17H2,1-6H3/b12-10+/t21-,24+,25?/m1/s1. The van der Waals surface area contributed by atoms with Crippen LogP contribution in [-0.2, 0) is 9.22 Å². The molecule has 2 aliphatic carbocycles. The number of hydrogen-bond acceptors (Lipinski definition) is 3. The monoisotopic (exact) mass is 422 g/mol. The Labute approximate surface area is 180 Å². The third-order valence-corrected chi connectivity index (χ3v) is 13.9. The van der Waals surface area contributed by atoms with Crippen LogP contribution in [0.2, 0.25) is 16.6 Å². The average molecular weight is 423 g/mol. The molecule has 1 unspecified atom stereocenters. The van der Waals surface area contributed by atoms with Crippen molar-refractivity contribution >= 4 is 14.1 Å². The van der Waals surface area contributed by atoms with Crippen LogP contribution < -0.4 is 0 Å². The molecule has 2 rings (SSSR count). The Kier molecular flexibility index (Phi) is 9.62. The fourth-order valence-electron chi connectivity index (χ4n) is 6.40. The van der Waals surface area contributed by atoms with E-state index in [2.05, 4.69) is 53.7 Å². The molecular formula is C25H46O3Si. The number of ketones is 1. The topological polar surface area (TPSA) is 46.5 Å². The normalized spacial score (nSPS) is 25.8. The minimum Gasteiger partial charge on any atom is -0.416 e. The molecule has 168 valence electrons. The van der Waals surface area contributed by atoms with Crippen molar-refractivity contribution in [3.05, 3.63) is 12.2 Å². The van der Waals surface area contributed by atoms with Gasteiger partial charge in [0.25, 0.3) is 0 Å². The van der Waals surface area contributed by atoms with Crippen LogP contribution >= 0.6 is 0 Å². The van der Waals surface area contributed by atoms with E-state index < -0.39 is 14.4 Å². The van der Waals surface area contributed by atoms with E-state index in [1.165, 1.54) is 19.3 Å². The number of carbonyl (C=O) groups is 1. The summed E-state index contributed by atoms with van der Waals surface area (Å²) in [4.78, 5) is 12.5. The van der Waals surface area contributed by atoms with Gasteiger partial charge in [-0.1, -0.05) is 73.0 Å². The van der Waals surface area contributed by atoms with Crippen LogP contribution in [0.15, 0.2) is 12.2 Å². The molecule has 0 aromatic heterocycles. The largest absolute Gasteiger partial charge is 0.416 e. The van der Waals surface area contributed by atoms with Gasteiger partial charge in [0, 0.05) is 13.0 Å². The highest BCUT2D eigenvalue weighted by atomic mass is 28.4. The maximum absolute atomic E-state index is 12.5. The van der Waals surface area contributed by atoms with Crippen molar-refractivity contribution in [3.63, 3.8) is 0 Å². The Morgan fingerprint density at radius 1 is 1.00 bits per heavy atom. The van der Waals surface area contributed by atoms with Crippen LogP contribution in [0.4, 0.5) is 0 Å². The van der Waals surface area contributed by atoms with Crippen molar-refractivity contribution in [3.8, 4) is 0 Å². The summed E-state index contributed by atoms with van der Waals surface area (Å²) in [6.45, 7) is 14.7. The van der Waals surface area contributed by atoms with Crippen LogP contribution in [0, 0.1) is 17.8 Å². The second-order valence-electron chi connectivity index (χ2n) is 10.5. The van der Waals surface area contributed by atoms with Gasteiger partial charge in [-0.2, -0.15) is 0 Å². The third-order valence-electron chi connectivity index (χ3n) is 7.78. The number of carbonyl (C=O) groups excluding carboxylic acids is 1. The Morgan fingerprint density at radius 3 is 2.14 bits per heavy atom. The highest BCUT2D eigenvalue weighted by Crippen LogP contribution is 2.42. The summed E-state index contributed by atoms with van der Waals surface area (Å²) in [7, 11) is -1.80. The zero-order chi connectivity index (χ0) is 21.6. The Bertz CT molecular complexity index is 512. The molecule has 1 N–H and O–H groups in total. The van der Waals surface area contributed by atoms with Crippen LogP contribution in [-0.4, -0.2) is 31.9 Å². The number of rotatable bonds is 10. The maximum atomic E-state index is 12.5. The van der Waals surface area contributed by atoms with E-state index in [1.54, 1.807) is 0 Å². The molecule has 2 aliphatic rings. The zero-order valence-electron chi connectivity index (χ0n) is 19.8. The molecule has 0 aliphatic heterocycles. The molecule has 0 aromatic rings. The summed E-state index contributed by atoms with van der Waals surface area (Å²) < 4.78 is 6.64. The van der Waals surface area contributed by atoms with E-state index in [0.717, 1.165) is 32.3 Å². The number of allylic oxidation sites excluding steroid dienone is 1. The molecule has 2 fully saturated rings. The molecule has 3 atom stereocenters. The maximum Gasteiger partial charge on any atom is 0.200 e. The molecule has 0 saturated heterocycles. The number of aliphatic hydroxyl groups excluding tert-OH is 1. The van der Waals surface area contributed by atoms with Crippen molar-refractivity contribution < 1.29 is 14.3 Å². The Balaban J connectivity index is 1.92. The fourth-order valence-corrected chi connectivity index (χ4v) is 11.9. The van der Waals surface area contributed by atoms with Gasteiger partial charge in [0.2, 0.25) is 0 Å². The number of Topliss-reactive ketones (excluding diaryl/α,β-unsaturated/α-hetero) is 1. The van der Waals surface area contributed by atoms with Gasteiger partial charge in [0.1, 0.15) is 5.78 Å². The molecule has 0 radical (unpaired) electrons. The van der Waals surface area contributed by atoms with Crippen LogP contribution in [0.5, 0.6) is 0 Å². The summed E-state index contributed by atoms with van der Waals surface area (Å²) >= 11 is 0. The minimum atomic E-state index is -1.80. The van der Waals surface area contributed by atoms with Gasteiger partial charge < -0.3 is 9.53 Å². The lowest BCUT2D eigenvalue weighted by molar-refractivity contribution is -0.126. The predicted molar refractivity (Wildman–Crippen MR) is 125 cm³/mol. The van der Waals surface area contributed by atoms with E-state index in [4.69, 9.17) is 4.43 Å². The number of hydrogen-bond donors (Lipinski definition) is 1. The van der Waals surface area contributed by atoms with Crippen molar-refractivity contribution in [1.82, 2.24) is 0 Å². The van der Waals surface area contributed by atoms with E-state index in [9.17, 15) is 9.90 Å². The van der Waals surface area contributed by atoms with E-state index in [0.29, 0.717) is 29.0 Å². The summed E-state index contributed by atoms with van der Waals surface area (Å²) in [6, 6.07) is 0. The average Bonchev–Trinajstić information content (AvgIpc) is 3.04. The third kappa shape index (κ3) is 5.83. The molecular weight excluding hydrogens is 376 g/mol. The van der Waals surface area contributed by atoms with E-state index in [1.807, 2.05) is 0 Å². The highest BCUT2D eigenvalue weighted by molar-refractivity contribution is 6.77. The lowest BCUT2D eigenvalue weighted by Crippen LogP contribution is -2.47. The van der Waals surface area contributed by atoms with Gasteiger partial charge in [-0.15, -0.1) is 0 Å². The predicted octanol–water partition coefficient (Wildman–Crippen LogP) is 6.66. The van der Waals surface area contributed by atoms with Crippen molar-refractivity contribution in [2.75, 3.05) is 6.61 Å². The Morgan fingerprint density at radius 2 is 1.59 bits per heavy atom. The highest BCUT2D eigenvalue weighted by Gasteiger charge is 2.45. The first-order valence-corrected chi connectivity index (χ1v) is 14.4. The van der Waals surface area contributed by atoms with E-state index in [-0.39, 0.29) is 17.6 Å². The van der Waals surface area contributed by atoms with Crippen LogP contribution in [0.25, 0.3) is 0 Å². The molecule has 0 heterocycles. The quantitative estimate of drug-likeness (QED) is 0.243. The molecule has 2 saturated carbocycles. The smallest absolute Gasteiger partial charge is 0.200 e. The van der Waals surface area contributed by atoms with Gasteiger partial charge in [0.15, 0.2) is 8.32 Å². The first kappa shape index (κ1) is 24.8. The SMILES string of the molecule is CC(C)[Si](OCC/C=C/[C@@H]1CCC(=O)[C@H]1C(O)C1CCCCC1)(C(C)C)C(C)C. The van der Waals surface area contributed by atoms with E-state index >= 15 is 0 Å². The first-order valence-electron chi connectivity index (χ1n) is 12.2. The minimum absolute atomic E-state index is 0.175. The summed E-state index contributed by atoms with van der Waals surface area (Å²) in [5.74, 6) is 0.636. The molecule has 0 aromatic carbocycles. The van der Waals surface area contributed by atoms with Crippen molar-refractivity contribution in [1.29, 1.82) is 0 Å². The van der Waals surface area contributed by atoms with Crippen molar-refractivity contribution in [2.45, 2.75) is 116 Å². The Hall–Kier alpha value is -0.453. The lowest BCUT2D eigenvalue weighted by Gasteiger charge is -2.42. The van der Waals surface area contributed by atoms with Gasteiger partial charge >= 0.3 is 0 Å². The summed E-state index contributed by atoms with van der Waals surface area (Å²) in [5, 5.41) is 10.9. The van der Waals surface area contributed by atoms with Gasteiger partial charge in [0.05, 0.1) is 12.0 Å². The molecule has 4 heteroatoms. The lowest BCUT2D eigenvalue weighted by atomic mass is 9.77. The first-order chi connectivity index (χ1) is 13.7. The van der Waals surface area contributed by atoms with Crippen LogP contribution in [0.1, 0.15) is 92.9 Å². The number of aliphatic hydroxyl groups is 1. The molecule has 0 amide bonds. The molecule has 0 bridgehead atoms. The second kappa shape index (κ2) is 11.2. The molecule has 0 spiro atoms. The van der Waals surface area contributed by atoms with Crippen molar-refractivity contribution in [2.24, 2.45) is 17.8 Å². The molecule has 3 nitrogen and oxygen atoms in total. The summed E-state index contributed by atoms with van der Waals surface area (Å²) in [5.41, 5.74) is 1.82. The second-order valence-corrected chi connectivity index (χ2v) is 15.9.